The molecular formula is C16H28N4O8S. The Labute approximate surface area is 173 Å². The Kier molecular flexibility index (Phi) is 11.9. The van der Waals surface area contributed by atoms with Crippen LogP contribution in [0.15, 0.2) is 0 Å². The number of carbonyl (C=O) groups excluding carboxylic acids is 3. The number of aliphatic carboxylic acids is 2. The number of nitrogens with two attached hydrogens (primary N) is 1. The summed E-state index contributed by atoms with van der Waals surface area (Å²) < 4.78 is 0. The largest absolute Gasteiger partial charge is 0.481 e. The topological polar surface area (TPSA) is 208 Å². The molecule has 0 aliphatic rings. The summed E-state index contributed by atoms with van der Waals surface area (Å²) >= 11 is 3.90. The number of thiol groups is 1. The Bertz CT molecular complexity index is 616. The first-order valence-corrected chi connectivity index (χ1v) is 9.39. The lowest BCUT2D eigenvalue weighted by Crippen LogP contribution is -2.58. The van der Waals surface area contributed by atoms with Crippen molar-refractivity contribution in [2.75, 3.05) is 12.4 Å². The summed E-state index contributed by atoms with van der Waals surface area (Å²) in [7, 11) is 0. The van der Waals surface area contributed by atoms with Gasteiger partial charge in [0.2, 0.25) is 17.7 Å². The Morgan fingerprint density at radius 1 is 0.897 bits per heavy atom. The average Bonchev–Trinajstić information content (AvgIpc) is 2.61. The fraction of sp³-hybridized carbons (Fsp3) is 0.688. The second-order valence-electron chi connectivity index (χ2n) is 6.72. The van der Waals surface area contributed by atoms with Gasteiger partial charge in [-0.3, -0.25) is 19.2 Å². The molecule has 4 unspecified atom stereocenters. The van der Waals surface area contributed by atoms with E-state index < -0.39 is 66.9 Å². The molecule has 0 heterocycles. The maximum Gasteiger partial charge on any atom is 0.326 e. The van der Waals surface area contributed by atoms with Gasteiger partial charge in [0.15, 0.2) is 0 Å². The second kappa shape index (κ2) is 13.0. The van der Waals surface area contributed by atoms with E-state index in [-0.39, 0.29) is 11.7 Å². The molecule has 0 aromatic heterocycles. The smallest absolute Gasteiger partial charge is 0.326 e. The van der Waals surface area contributed by atoms with Crippen molar-refractivity contribution >= 4 is 42.3 Å². The van der Waals surface area contributed by atoms with Gasteiger partial charge in [-0.15, -0.1) is 0 Å². The van der Waals surface area contributed by atoms with Gasteiger partial charge in [0.05, 0.1) is 19.1 Å². The zero-order valence-corrected chi connectivity index (χ0v) is 17.0. The van der Waals surface area contributed by atoms with Crippen molar-refractivity contribution in [3.8, 4) is 0 Å². The molecular weight excluding hydrogens is 408 g/mol. The molecule has 3 amide bonds. The van der Waals surface area contributed by atoms with Gasteiger partial charge in [-0.05, 0) is 12.3 Å². The summed E-state index contributed by atoms with van der Waals surface area (Å²) in [6, 6.07) is -5.34. The maximum absolute atomic E-state index is 12.3. The molecule has 0 saturated heterocycles. The fourth-order valence-electron chi connectivity index (χ4n) is 2.20. The first kappa shape index (κ1) is 26.6. The lowest BCUT2D eigenvalue weighted by atomic mass is 10.0. The van der Waals surface area contributed by atoms with Crippen LogP contribution >= 0.6 is 12.6 Å². The highest BCUT2D eigenvalue weighted by Crippen LogP contribution is 2.03. The number of aliphatic hydroxyl groups excluding tert-OH is 1. The molecule has 4 atom stereocenters. The zero-order valence-electron chi connectivity index (χ0n) is 16.1. The van der Waals surface area contributed by atoms with Crippen LogP contribution in [0, 0.1) is 5.92 Å². The molecule has 0 fully saturated rings. The van der Waals surface area contributed by atoms with Crippen molar-refractivity contribution in [3.05, 3.63) is 0 Å². The highest BCUT2D eigenvalue weighted by molar-refractivity contribution is 7.80. The Morgan fingerprint density at radius 2 is 1.38 bits per heavy atom. The molecule has 0 saturated carbocycles. The van der Waals surface area contributed by atoms with Gasteiger partial charge >= 0.3 is 11.9 Å². The Hall–Kier alpha value is -2.38. The van der Waals surface area contributed by atoms with Crippen LogP contribution in [0.1, 0.15) is 26.7 Å². The predicted molar refractivity (Wildman–Crippen MR) is 104 cm³/mol. The molecule has 0 aliphatic carbocycles. The third-order valence-corrected chi connectivity index (χ3v) is 4.05. The van der Waals surface area contributed by atoms with Crippen LogP contribution in [-0.4, -0.2) is 81.5 Å². The molecule has 0 rings (SSSR count). The Morgan fingerprint density at radius 3 is 1.79 bits per heavy atom. The minimum Gasteiger partial charge on any atom is -0.481 e. The van der Waals surface area contributed by atoms with Crippen LogP contribution in [0.3, 0.4) is 0 Å². The molecule has 0 radical (unpaired) electrons. The van der Waals surface area contributed by atoms with Gasteiger partial charge in [0.1, 0.15) is 18.1 Å². The van der Waals surface area contributed by atoms with Gasteiger partial charge < -0.3 is 37.0 Å². The van der Waals surface area contributed by atoms with Crippen molar-refractivity contribution < 1.29 is 39.3 Å². The van der Waals surface area contributed by atoms with Crippen molar-refractivity contribution in [3.63, 3.8) is 0 Å². The Balaban J connectivity index is 5.00. The van der Waals surface area contributed by atoms with E-state index in [1.54, 1.807) is 0 Å². The maximum atomic E-state index is 12.3. The standard InChI is InChI=1S/C16H28N4O8S/c1-7(2)3-8(17)13(24)19-10(5-21)14(25)20-11(6-29)15(26)18-9(16(27)28)4-12(22)23/h7-11,21,29H,3-6,17H2,1-2H3,(H,18,26)(H,19,24)(H,20,25)(H,22,23)(H,27,28). The van der Waals surface area contributed by atoms with Gasteiger partial charge in [-0.1, -0.05) is 13.8 Å². The van der Waals surface area contributed by atoms with E-state index in [1.165, 1.54) is 0 Å². The molecule has 0 bridgehead atoms. The second-order valence-corrected chi connectivity index (χ2v) is 7.09. The summed E-state index contributed by atoms with van der Waals surface area (Å²) in [5.41, 5.74) is 5.71. The van der Waals surface area contributed by atoms with E-state index in [0.29, 0.717) is 6.42 Å². The van der Waals surface area contributed by atoms with E-state index in [0.717, 1.165) is 0 Å². The molecule has 0 aliphatic heterocycles. The third kappa shape index (κ3) is 10.1. The SMILES string of the molecule is CC(C)CC(N)C(=O)NC(CO)C(=O)NC(CS)C(=O)NC(CC(=O)O)C(=O)O. The van der Waals surface area contributed by atoms with Gasteiger partial charge in [0, 0.05) is 5.75 Å². The fourth-order valence-corrected chi connectivity index (χ4v) is 2.46. The van der Waals surface area contributed by atoms with Gasteiger partial charge in [-0.2, -0.15) is 12.6 Å². The lowest BCUT2D eigenvalue weighted by molar-refractivity contribution is -0.147. The number of hydrogen-bond donors (Lipinski definition) is 8. The molecule has 8 N–H and O–H groups in total. The van der Waals surface area contributed by atoms with E-state index >= 15 is 0 Å². The van der Waals surface area contributed by atoms with Gasteiger partial charge in [-0.25, -0.2) is 4.79 Å². The molecule has 13 heteroatoms. The van der Waals surface area contributed by atoms with Crippen LogP contribution in [0.25, 0.3) is 0 Å². The highest BCUT2D eigenvalue weighted by Gasteiger charge is 2.30. The molecule has 0 aromatic rings. The molecule has 0 aromatic carbocycles. The first-order valence-electron chi connectivity index (χ1n) is 8.75. The summed E-state index contributed by atoms with van der Waals surface area (Å²) in [5.74, 6) is -5.70. The number of carbonyl (C=O) groups is 5. The van der Waals surface area contributed by atoms with E-state index in [4.69, 9.17) is 15.9 Å². The quantitative estimate of drug-likeness (QED) is 0.141. The number of hydrogen-bond acceptors (Lipinski definition) is 8. The number of rotatable bonds is 13. The summed E-state index contributed by atoms with van der Waals surface area (Å²) in [6.45, 7) is 2.94. The number of amides is 3. The van der Waals surface area contributed by atoms with E-state index in [1.807, 2.05) is 19.2 Å². The molecule has 12 nitrogen and oxygen atoms in total. The number of nitrogens with one attached hydrogen (secondary N) is 3. The van der Waals surface area contributed by atoms with Crippen molar-refractivity contribution in [1.29, 1.82) is 0 Å². The van der Waals surface area contributed by atoms with Crippen molar-refractivity contribution in [1.82, 2.24) is 16.0 Å². The van der Waals surface area contributed by atoms with Crippen LogP contribution < -0.4 is 21.7 Å². The molecule has 166 valence electrons. The summed E-state index contributed by atoms with van der Waals surface area (Å²) in [5, 5.41) is 33.5. The first-order chi connectivity index (χ1) is 13.4. The van der Waals surface area contributed by atoms with Crippen LogP contribution in [0.5, 0.6) is 0 Å². The van der Waals surface area contributed by atoms with E-state index in [2.05, 4.69) is 23.3 Å². The predicted octanol–water partition coefficient (Wildman–Crippen LogP) is -2.70. The minimum absolute atomic E-state index is 0.127. The normalized spacial score (nSPS) is 15.0. The monoisotopic (exact) mass is 436 g/mol. The minimum atomic E-state index is -1.71. The highest BCUT2D eigenvalue weighted by atomic mass is 32.1. The van der Waals surface area contributed by atoms with Crippen LogP contribution in [0.2, 0.25) is 0 Å². The molecule has 0 spiro atoms. The van der Waals surface area contributed by atoms with Crippen molar-refractivity contribution in [2.24, 2.45) is 11.7 Å². The number of carboxylic acid groups (broad SMARTS) is 2. The lowest BCUT2D eigenvalue weighted by Gasteiger charge is -2.23. The zero-order chi connectivity index (χ0) is 22.7. The van der Waals surface area contributed by atoms with Crippen LogP contribution in [0.4, 0.5) is 0 Å². The van der Waals surface area contributed by atoms with Gasteiger partial charge in [0.25, 0.3) is 0 Å². The number of aliphatic hydroxyl groups is 1. The van der Waals surface area contributed by atoms with Crippen molar-refractivity contribution in [2.45, 2.75) is 50.9 Å². The third-order valence-electron chi connectivity index (χ3n) is 3.69. The molecule has 29 heavy (non-hydrogen) atoms. The summed E-state index contributed by atoms with van der Waals surface area (Å²) in [4.78, 5) is 58.2. The average molecular weight is 436 g/mol. The van der Waals surface area contributed by atoms with Crippen LogP contribution in [-0.2, 0) is 24.0 Å². The van der Waals surface area contributed by atoms with E-state index in [9.17, 15) is 29.1 Å². The number of carboxylic acids is 2. The summed E-state index contributed by atoms with van der Waals surface area (Å²) in [6.07, 6.45) is -0.509.